The van der Waals surface area contributed by atoms with Crippen LogP contribution in [0.1, 0.15) is 24.6 Å². The van der Waals surface area contributed by atoms with Gasteiger partial charge in [-0.15, -0.1) is 0 Å². The van der Waals surface area contributed by atoms with Crippen LogP contribution >= 0.6 is 0 Å². The Morgan fingerprint density at radius 1 is 1.64 bits per heavy atom. The molecule has 2 rings (SSSR count). The molecule has 0 radical (unpaired) electrons. The second-order valence-corrected chi connectivity index (χ2v) is 4.48. The van der Waals surface area contributed by atoms with Crippen LogP contribution in [0.15, 0.2) is 6.20 Å². The molecule has 2 atom stereocenters. The van der Waals surface area contributed by atoms with E-state index in [0.29, 0.717) is 0 Å². The van der Waals surface area contributed by atoms with Gasteiger partial charge in [-0.25, -0.2) is 0 Å². The summed E-state index contributed by atoms with van der Waals surface area (Å²) in [5.41, 5.74) is 2.59. The first-order valence-electron chi connectivity index (χ1n) is 5.36. The van der Waals surface area contributed by atoms with Crippen LogP contribution in [0.25, 0.3) is 0 Å². The fraction of sp³-hybridized carbons (Fsp3) is 0.727. The lowest BCUT2D eigenvalue weighted by Crippen LogP contribution is -2.17. The third kappa shape index (κ3) is 1.98. The average molecular weight is 193 g/mol. The molecule has 1 aromatic rings. The molecule has 0 aliphatic heterocycles. The molecule has 78 valence electrons. The van der Waals surface area contributed by atoms with Crippen molar-refractivity contribution in [1.29, 1.82) is 0 Å². The fourth-order valence-corrected chi connectivity index (χ4v) is 1.79. The summed E-state index contributed by atoms with van der Waals surface area (Å²) in [5.74, 6) is 1.87. The van der Waals surface area contributed by atoms with Crippen LogP contribution in [0.5, 0.6) is 0 Å². The van der Waals surface area contributed by atoms with Crippen LogP contribution in [0.3, 0.4) is 0 Å². The topological polar surface area (TPSA) is 29.9 Å². The summed E-state index contributed by atoms with van der Waals surface area (Å²) in [6, 6.07) is 0. The van der Waals surface area contributed by atoms with Crippen LogP contribution in [0.4, 0.5) is 0 Å². The van der Waals surface area contributed by atoms with Crippen molar-refractivity contribution in [3.8, 4) is 0 Å². The van der Waals surface area contributed by atoms with E-state index in [1.807, 2.05) is 17.9 Å². The first kappa shape index (κ1) is 9.71. The molecule has 0 bridgehead atoms. The predicted octanol–water partition coefficient (Wildman–Crippen LogP) is 1.47. The molecule has 3 nitrogen and oxygen atoms in total. The molecule has 1 aliphatic rings. The Morgan fingerprint density at radius 2 is 2.36 bits per heavy atom. The van der Waals surface area contributed by atoms with Gasteiger partial charge in [0.25, 0.3) is 0 Å². The van der Waals surface area contributed by atoms with Crippen molar-refractivity contribution in [3.05, 3.63) is 17.5 Å². The van der Waals surface area contributed by atoms with Gasteiger partial charge in [-0.05, 0) is 31.7 Å². The largest absolute Gasteiger partial charge is 0.312 e. The summed E-state index contributed by atoms with van der Waals surface area (Å²) >= 11 is 0. The molecular formula is C11H19N3. The molecule has 14 heavy (non-hydrogen) atoms. The van der Waals surface area contributed by atoms with Gasteiger partial charge in [-0.2, -0.15) is 5.10 Å². The molecule has 1 aliphatic carbocycles. The molecule has 1 N–H and O–H groups in total. The quantitative estimate of drug-likeness (QED) is 0.785. The van der Waals surface area contributed by atoms with Gasteiger partial charge in [0.05, 0.1) is 6.20 Å². The van der Waals surface area contributed by atoms with Crippen LogP contribution in [-0.4, -0.2) is 16.3 Å². The summed E-state index contributed by atoms with van der Waals surface area (Å²) in [6.07, 6.45) is 3.36. The molecule has 0 aromatic carbocycles. The molecule has 1 aromatic heterocycles. The van der Waals surface area contributed by atoms with Gasteiger partial charge >= 0.3 is 0 Å². The van der Waals surface area contributed by atoms with Gasteiger partial charge in [0.1, 0.15) is 0 Å². The van der Waals surface area contributed by atoms with Gasteiger partial charge < -0.3 is 5.32 Å². The van der Waals surface area contributed by atoms with Crippen molar-refractivity contribution in [3.63, 3.8) is 0 Å². The van der Waals surface area contributed by atoms with Gasteiger partial charge in [0.15, 0.2) is 0 Å². The molecule has 1 fully saturated rings. The molecule has 2 unspecified atom stereocenters. The normalized spacial score (nSPS) is 25.4. The SMILES string of the molecule is Cc1c(CNCC2CC2C)cnn1C. The Morgan fingerprint density at radius 3 is 2.86 bits per heavy atom. The highest BCUT2D eigenvalue weighted by atomic mass is 15.3. The maximum absolute atomic E-state index is 4.22. The van der Waals surface area contributed by atoms with Crippen LogP contribution in [0, 0.1) is 18.8 Å². The van der Waals surface area contributed by atoms with E-state index in [1.54, 1.807) is 0 Å². The fourth-order valence-electron chi connectivity index (χ4n) is 1.79. The van der Waals surface area contributed by atoms with Crippen LogP contribution < -0.4 is 5.32 Å². The average Bonchev–Trinajstić information content (AvgIpc) is 2.77. The van der Waals surface area contributed by atoms with E-state index < -0.39 is 0 Å². The maximum atomic E-state index is 4.22. The zero-order valence-corrected chi connectivity index (χ0v) is 9.25. The van der Waals surface area contributed by atoms with E-state index in [2.05, 4.69) is 24.3 Å². The second-order valence-electron chi connectivity index (χ2n) is 4.48. The molecule has 3 heteroatoms. The lowest BCUT2D eigenvalue weighted by molar-refractivity contribution is 0.609. The number of aromatic nitrogens is 2. The molecule has 0 saturated heterocycles. The maximum Gasteiger partial charge on any atom is 0.0537 e. The zero-order chi connectivity index (χ0) is 10.1. The Bertz CT molecular complexity index is 316. The van der Waals surface area contributed by atoms with E-state index in [-0.39, 0.29) is 0 Å². The second kappa shape index (κ2) is 3.73. The minimum atomic E-state index is 0.923. The predicted molar refractivity (Wildman–Crippen MR) is 56.9 cm³/mol. The van der Waals surface area contributed by atoms with E-state index in [0.717, 1.165) is 24.9 Å². The summed E-state index contributed by atoms with van der Waals surface area (Å²) in [6.45, 7) is 6.56. The van der Waals surface area contributed by atoms with E-state index >= 15 is 0 Å². The first-order chi connectivity index (χ1) is 6.68. The number of aryl methyl sites for hydroxylation is 1. The highest BCUT2D eigenvalue weighted by Gasteiger charge is 2.31. The third-order valence-electron chi connectivity index (χ3n) is 3.34. The number of nitrogens with one attached hydrogen (secondary N) is 1. The number of hydrogen-bond acceptors (Lipinski definition) is 2. The third-order valence-corrected chi connectivity index (χ3v) is 3.34. The Labute approximate surface area is 85.5 Å². The van der Waals surface area contributed by atoms with Crippen molar-refractivity contribution < 1.29 is 0 Å². The molecular weight excluding hydrogens is 174 g/mol. The summed E-state index contributed by atoms with van der Waals surface area (Å²) < 4.78 is 1.93. The first-order valence-corrected chi connectivity index (χ1v) is 5.36. The molecule has 1 saturated carbocycles. The number of hydrogen-bond donors (Lipinski definition) is 1. The Hall–Kier alpha value is -0.830. The highest BCUT2D eigenvalue weighted by Crippen LogP contribution is 2.36. The van der Waals surface area contributed by atoms with Crippen molar-refractivity contribution >= 4 is 0 Å². The summed E-state index contributed by atoms with van der Waals surface area (Å²) in [4.78, 5) is 0. The van der Waals surface area contributed by atoms with Gasteiger partial charge in [0.2, 0.25) is 0 Å². The smallest absolute Gasteiger partial charge is 0.0537 e. The minimum absolute atomic E-state index is 0.923. The van der Waals surface area contributed by atoms with Crippen molar-refractivity contribution in [1.82, 2.24) is 15.1 Å². The Kier molecular flexibility index (Phi) is 2.59. The summed E-state index contributed by atoms with van der Waals surface area (Å²) in [7, 11) is 1.99. The van der Waals surface area contributed by atoms with Crippen LogP contribution in [0.2, 0.25) is 0 Å². The lowest BCUT2D eigenvalue weighted by Gasteiger charge is -2.03. The minimum Gasteiger partial charge on any atom is -0.312 e. The Balaban J connectivity index is 1.77. The highest BCUT2D eigenvalue weighted by molar-refractivity contribution is 5.15. The monoisotopic (exact) mass is 193 g/mol. The van der Waals surface area contributed by atoms with E-state index in [4.69, 9.17) is 0 Å². The van der Waals surface area contributed by atoms with Gasteiger partial charge in [-0.3, -0.25) is 4.68 Å². The van der Waals surface area contributed by atoms with Gasteiger partial charge in [-0.1, -0.05) is 6.92 Å². The van der Waals surface area contributed by atoms with Crippen molar-refractivity contribution in [2.24, 2.45) is 18.9 Å². The molecule has 0 spiro atoms. The van der Waals surface area contributed by atoms with E-state index in [1.165, 1.54) is 17.7 Å². The number of rotatable bonds is 4. The van der Waals surface area contributed by atoms with Gasteiger partial charge in [0, 0.05) is 24.8 Å². The standard InChI is InChI=1S/C11H19N3/c1-8-4-10(8)5-12-6-11-7-13-14(3)9(11)2/h7-8,10,12H,4-6H2,1-3H3. The zero-order valence-electron chi connectivity index (χ0n) is 9.25. The summed E-state index contributed by atoms with van der Waals surface area (Å²) in [5, 5.41) is 7.72. The lowest BCUT2D eigenvalue weighted by atomic mass is 10.2. The molecule has 1 heterocycles. The van der Waals surface area contributed by atoms with Crippen molar-refractivity contribution in [2.45, 2.75) is 26.8 Å². The van der Waals surface area contributed by atoms with E-state index in [9.17, 15) is 0 Å². The van der Waals surface area contributed by atoms with Crippen molar-refractivity contribution in [2.75, 3.05) is 6.54 Å². The van der Waals surface area contributed by atoms with Crippen LogP contribution in [-0.2, 0) is 13.6 Å². The number of nitrogens with zero attached hydrogens (tertiary/aromatic N) is 2. The molecule has 0 amide bonds.